The summed E-state index contributed by atoms with van der Waals surface area (Å²) in [5, 5.41) is 9.08. The molecule has 2 aromatic heterocycles. The number of para-hydroxylation sites is 1. The Bertz CT molecular complexity index is 1620. The summed E-state index contributed by atoms with van der Waals surface area (Å²) in [5.41, 5.74) is 8.25. The Morgan fingerprint density at radius 3 is 2.61 bits per heavy atom. The van der Waals surface area contributed by atoms with Crippen molar-refractivity contribution in [2.24, 2.45) is 0 Å². The Balaban J connectivity index is 1.35. The topological polar surface area (TPSA) is 82.2 Å². The van der Waals surface area contributed by atoms with Gasteiger partial charge in [0.05, 0.1) is 16.7 Å². The molecule has 0 unspecified atom stereocenters. The molecule has 1 N–H and O–H groups in total. The summed E-state index contributed by atoms with van der Waals surface area (Å²) in [6, 6.07) is 19.8. The summed E-state index contributed by atoms with van der Waals surface area (Å²) < 4.78 is 9.58. The van der Waals surface area contributed by atoms with Gasteiger partial charge in [0.1, 0.15) is 17.4 Å². The van der Waals surface area contributed by atoms with Gasteiger partial charge in [0.25, 0.3) is 0 Å². The summed E-state index contributed by atoms with van der Waals surface area (Å²) in [6.07, 6.45) is 5.17. The minimum atomic E-state index is -1.32. The Labute approximate surface area is 221 Å². The molecule has 0 atom stereocenters. The van der Waals surface area contributed by atoms with E-state index in [1.54, 1.807) is 12.1 Å². The van der Waals surface area contributed by atoms with Gasteiger partial charge in [0, 0.05) is 43.3 Å². The standard InChI is InChI=1S/C31H30N4O3/c1-3-28-33-30-20(2)16-23(25-19-34-15-7-6-10-29(34)32-25)17-26(30)35(28)18-21-11-13-22(14-12-21)24-8-4-5-9-27(24)38-31(36)37/h4-5,8-9,11-14,16-17,19H,3,6-7,10,15,18H2,1-2H3,(H,36,37). The van der Waals surface area contributed by atoms with Crippen molar-refractivity contribution >= 4 is 17.2 Å². The number of ether oxygens (including phenoxy) is 1. The van der Waals surface area contributed by atoms with Crippen molar-refractivity contribution in [3.05, 3.63) is 89.6 Å². The molecule has 3 aromatic carbocycles. The average Bonchev–Trinajstić information content (AvgIpc) is 3.51. The molecule has 0 bridgehead atoms. The third-order valence-electron chi connectivity index (χ3n) is 7.33. The molecule has 5 aromatic rings. The lowest BCUT2D eigenvalue weighted by atomic mass is 10.0. The van der Waals surface area contributed by atoms with Gasteiger partial charge in [-0.2, -0.15) is 0 Å². The number of benzene rings is 3. The lowest BCUT2D eigenvalue weighted by molar-refractivity contribution is 0.144. The van der Waals surface area contributed by atoms with Gasteiger partial charge in [-0.05, 0) is 54.7 Å². The van der Waals surface area contributed by atoms with Crippen LogP contribution in [0, 0.1) is 6.92 Å². The van der Waals surface area contributed by atoms with E-state index in [9.17, 15) is 4.79 Å². The fraction of sp³-hybridized carbons (Fsp3) is 0.258. The van der Waals surface area contributed by atoms with Gasteiger partial charge in [-0.1, -0.05) is 49.4 Å². The highest BCUT2D eigenvalue weighted by molar-refractivity contribution is 5.85. The number of carboxylic acid groups (broad SMARTS) is 1. The van der Waals surface area contributed by atoms with Crippen LogP contribution in [0.4, 0.5) is 4.79 Å². The first kappa shape index (κ1) is 24.0. The van der Waals surface area contributed by atoms with Crippen LogP contribution in [0.25, 0.3) is 33.4 Å². The number of hydrogen-bond donors (Lipinski definition) is 1. The zero-order valence-electron chi connectivity index (χ0n) is 21.6. The number of rotatable bonds is 6. The van der Waals surface area contributed by atoms with Gasteiger partial charge < -0.3 is 19.0 Å². The second-order valence-electron chi connectivity index (χ2n) is 9.88. The van der Waals surface area contributed by atoms with Crippen molar-refractivity contribution in [1.29, 1.82) is 0 Å². The van der Waals surface area contributed by atoms with Crippen LogP contribution in [0.5, 0.6) is 5.75 Å². The number of imidazole rings is 2. The molecule has 7 heteroatoms. The maximum atomic E-state index is 11.1. The summed E-state index contributed by atoms with van der Waals surface area (Å²) in [5.74, 6) is 2.56. The highest BCUT2D eigenvalue weighted by Crippen LogP contribution is 2.32. The van der Waals surface area contributed by atoms with E-state index >= 15 is 0 Å². The van der Waals surface area contributed by atoms with Crippen molar-refractivity contribution in [3.63, 3.8) is 0 Å². The van der Waals surface area contributed by atoms with Crippen LogP contribution in [0.2, 0.25) is 0 Å². The molecule has 3 heterocycles. The molecule has 0 fully saturated rings. The second-order valence-corrected chi connectivity index (χ2v) is 9.88. The molecule has 0 saturated heterocycles. The Kier molecular flexibility index (Phi) is 6.19. The summed E-state index contributed by atoms with van der Waals surface area (Å²) in [4.78, 5) is 21.1. The van der Waals surface area contributed by atoms with E-state index in [-0.39, 0.29) is 0 Å². The second kappa shape index (κ2) is 9.82. The molecule has 192 valence electrons. The molecule has 0 spiro atoms. The van der Waals surface area contributed by atoms with Crippen molar-refractivity contribution in [2.75, 3.05) is 0 Å². The van der Waals surface area contributed by atoms with Crippen LogP contribution in [-0.4, -0.2) is 30.4 Å². The van der Waals surface area contributed by atoms with Crippen molar-refractivity contribution < 1.29 is 14.6 Å². The van der Waals surface area contributed by atoms with E-state index in [4.69, 9.17) is 19.8 Å². The van der Waals surface area contributed by atoms with E-state index < -0.39 is 6.16 Å². The van der Waals surface area contributed by atoms with Crippen LogP contribution in [0.3, 0.4) is 0 Å². The fourth-order valence-electron chi connectivity index (χ4n) is 5.45. The lowest BCUT2D eigenvalue weighted by Crippen LogP contribution is -2.08. The van der Waals surface area contributed by atoms with E-state index in [2.05, 4.69) is 53.4 Å². The quantitative estimate of drug-likeness (QED) is 0.201. The average molecular weight is 507 g/mol. The number of carbonyl (C=O) groups is 1. The van der Waals surface area contributed by atoms with E-state index in [0.717, 1.165) is 69.8 Å². The number of aryl methyl sites for hydroxylation is 4. The molecule has 6 rings (SSSR count). The number of fused-ring (bicyclic) bond motifs is 2. The lowest BCUT2D eigenvalue weighted by Gasteiger charge is -2.12. The molecule has 0 aliphatic carbocycles. The van der Waals surface area contributed by atoms with E-state index in [1.807, 2.05) is 24.3 Å². The Morgan fingerprint density at radius 1 is 1.03 bits per heavy atom. The molecule has 1 aliphatic rings. The Hall–Kier alpha value is -4.39. The minimum Gasteiger partial charge on any atom is -0.449 e. The van der Waals surface area contributed by atoms with Gasteiger partial charge in [-0.15, -0.1) is 0 Å². The third kappa shape index (κ3) is 4.45. The zero-order valence-corrected chi connectivity index (χ0v) is 21.6. The van der Waals surface area contributed by atoms with Crippen LogP contribution >= 0.6 is 0 Å². The highest BCUT2D eigenvalue weighted by atomic mass is 16.7. The predicted molar refractivity (Wildman–Crippen MR) is 148 cm³/mol. The predicted octanol–water partition coefficient (Wildman–Crippen LogP) is 6.88. The Morgan fingerprint density at radius 2 is 1.84 bits per heavy atom. The van der Waals surface area contributed by atoms with Crippen LogP contribution in [-0.2, 0) is 25.9 Å². The summed E-state index contributed by atoms with van der Waals surface area (Å²) in [6.45, 7) is 6.00. The third-order valence-corrected chi connectivity index (χ3v) is 7.33. The van der Waals surface area contributed by atoms with Crippen LogP contribution in [0.15, 0.2) is 66.9 Å². The van der Waals surface area contributed by atoms with Crippen molar-refractivity contribution in [3.8, 4) is 28.1 Å². The fourth-order valence-corrected chi connectivity index (χ4v) is 5.45. The molecular weight excluding hydrogens is 476 g/mol. The molecule has 0 radical (unpaired) electrons. The summed E-state index contributed by atoms with van der Waals surface area (Å²) in [7, 11) is 0. The van der Waals surface area contributed by atoms with Crippen LogP contribution in [0.1, 0.15) is 42.5 Å². The summed E-state index contributed by atoms with van der Waals surface area (Å²) >= 11 is 0. The number of nitrogens with zero attached hydrogens (tertiary/aromatic N) is 4. The van der Waals surface area contributed by atoms with E-state index in [1.165, 1.54) is 18.7 Å². The van der Waals surface area contributed by atoms with Crippen molar-refractivity contribution in [1.82, 2.24) is 19.1 Å². The number of hydrogen-bond acceptors (Lipinski definition) is 4. The normalized spacial score (nSPS) is 13.0. The molecule has 0 amide bonds. The SMILES string of the molecule is CCc1nc2c(C)cc(-c3cn4c(n3)CCCC4)cc2n1Cc1ccc(-c2ccccc2OC(=O)O)cc1. The van der Waals surface area contributed by atoms with Gasteiger partial charge in [0.2, 0.25) is 0 Å². The number of aromatic nitrogens is 4. The minimum absolute atomic E-state index is 0.325. The largest absolute Gasteiger partial charge is 0.511 e. The first-order valence-corrected chi connectivity index (χ1v) is 13.2. The van der Waals surface area contributed by atoms with Crippen LogP contribution < -0.4 is 4.74 Å². The zero-order chi connectivity index (χ0) is 26.2. The smallest absolute Gasteiger partial charge is 0.449 e. The highest BCUT2D eigenvalue weighted by Gasteiger charge is 2.18. The van der Waals surface area contributed by atoms with Gasteiger partial charge in [-0.3, -0.25) is 0 Å². The van der Waals surface area contributed by atoms with E-state index in [0.29, 0.717) is 12.3 Å². The molecule has 7 nitrogen and oxygen atoms in total. The van der Waals surface area contributed by atoms with Crippen molar-refractivity contribution in [2.45, 2.75) is 52.6 Å². The first-order valence-electron chi connectivity index (χ1n) is 13.2. The maximum absolute atomic E-state index is 11.1. The monoisotopic (exact) mass is 506 g/mol. The first-order chi connectivity index (χ1) is 18.5. The van der Waals surface area contributed by atoms with Gasteiger partial charge in [0.15, 0.2) is 0 Å². The molecule has 0 saturated carbocycles. The molecule has 38 heavy (non-hydrogen) atoms. The molecular formula is C31H30N4O3. The van der Waals surface area contributed by atoms with Gasteiger partial charge >= 0.3 is 6.16 Å². The van der Waals surface area contributed by atoms with Gasteiger partial charge in [-0.25, -0.2) is 14.8 Å². The maximum Gasteiger partial charge on any atom is 0.511 e. The molecule has 1 aliphatic heterocycles.